The van der Waals surface area contributed by atoms with Crippen molar-refractivity contribution in [3.63, 3.8) is 0 Å². The average molecular weight is 268 g/mol. The fourth-order valence-electron chi connectivity index (χ4n) is 2.13. The maximum absolute atomic E-state index is 6.21. The van der Waals surface area contributed by atoms with Crippen molar-refractivity contribution in [3.8, 4) is 17.1 Å². The first-order valence-electron chi connectivity index (χ1n) is 6.50. The number of hydrogen-bond acceptors (Lipinski definition) is 4. The number of hydrogen-bond donors (Lipinski definition) is 1. The van der Waals surface area contributed by atoms with E-state index >= 15 is 0 Å². The number of aromatic nitrogens is 5. The third kappa shape index (κ3) is 1.95. The van der Waals surface area contributed by atoms with Gasteiger partial charge in [0.25, 0.3) is 0 Å². The summed E-state index contributed by atoms with van der Waals surface area (Å²) >= 11 is 0. The molecule has 0 aliphatic carbocycles. The van der Waals surface area contributed by atoms with E-state index in [0.29, 0.717) is 5.82 Å². The molecule has 20 heavy (non-hydrogen) atoms. The molecule has 102 valence electrons. The highest BCUT2D eigenvalue weighted by molar-refractivity contribution is 5.69. The molecule has 3 rings (SSSR count). The van der Waals surface area contributed by atoms with Gasteiger partial charge in [-0.15, -0.1) is 0 Å². The molecular formula is C14H16N6. The summed E-state index contributed by atoms with van der Waals surface area (Å²) < 4.78 is 3.44. The fraction of sp³-hybridized carbons (Fsp3) is 0.214. The molecule has 0 aliphatic heterocycles. The molecule has 0 amide bonds. The highest BCUT2D eigenvalue weighted by Gasteiger charge is 2.16. The van der Waals surface area contributed by atoms with Gasteiger partial charge < -0.3 is 5.73 Å². The minimum absolute atomic E-state index is 0.564. The second kappa shape index (κ2) is 4.80. The molecule has 3 aromatic rings. The Labute approximate surface area is 116 Å². The van der Waals surface area contributed by atoms with Gasteiger partial charge in [-0.2, -0.15) is 10.2 Å². The summed E-state index contributed by atoms with van der Waals surface area (Å²) in [5.74, 6) is 2.10. The van der Waals surface area contributed by atoms with Gasteiger partial charge in [-0.05, 0) is 12.1 Å². The summed E-state index contributed by atoms with van der Waals surface area (Å²) in [6.07, 6.45) is 2.52. The van der Waals surface area contributed by atoms with Crippen LogP contribution in [0, 0.1) is 0 Å². The van der Waals surface area contributed by atoms with Gasteiger partial charge in [0.2, 0.25) is 0 Å². The Morgan fingerprint density at radius 3 is 2.60 bits per heavy atom. The second-order valence-electron chi connectivity index (χ2n) is 4.52. The van der Waals surface area contributed by atoms with Gasteiger partial charge in [0, 0.05) is 13.5 Å². The van der Waals surface area contributed by atoms with E-state index in [1.165, 1.54) is 0 Å². The van der Waals surface area contributed by atoms with Crippen LogP contribution in [0.25, 0.3) is 17.1 Å². The molecule has 6 nitrogen and oxygen atoms in total. The first-order chi connectivity index (χ1) is 9.70. The Morgan fingerprint density at radius 1 is 1.20 bits per heavy atom. The fourth-order valence-corrected chi connectivity index (χ4v) is 2.13. The van der Waals surface area contributed by atoms with Crippen LogP contribution < -0.4 is 5.73 Å². The molecular weight excluding hydrogens is 252 g/mol. The highest BCUT2D eigenvalue weighted by Crippen LogP contribution is 2.25. The quantitative estimate of drug-likeness (QED) is 0.786. The molecule has 0 unspecified atom stereocenters. The van der Waals surface area contributed by atoms with Crippen LogP contribution in [0.1, 0.15) is 12.7 Å². The van der Waals surface area contributed by atoms with Gasteiger partial charge >= 0.3 is 0 Å². The van der Waals surface area contributed by atoms with E-state index < -0.39 is 0 Å². The number of rotatable bonds is 3. The number of nitrogens with zero attached hydrogens (tertiary/aromatic N) is 5. The van der Waals surface area contributed by atoms with Crippen LogP contribution in [-0.2, 0) is 13.5 Å². The molecule has 6 heteroatoms. The lowest BCUT2D eigenvalue weighted by atomic mass is 10.3. The first kappa shape index (κ1) is 12.4. The Bertz CT molecular complexity index is 725. The number of aryl methyl sites for hydroxylation is 2. The molecule has 0 atom stereocenters. The number of benzene rings is 1. The van der Waals surface area contributed by atoms with Gasteiger partial charge in [-0.1, -0.05) is 25.1 Å². The summed E-state index contributed by atoms with van der Waals surface area (Å²) in [4.78, 5) is 4.48. The van der Waals surface area contributed by atoms with Crippen LogP contribution in [0.4, 0.5) is 5.82 Å². The summed E-state index contributed by atoms with van der Waals surface area (Å²) in [6, 6.07) is 9.78. The molecule has 0 spiro atoms. The second-order valence-corrected chi connectivity index (χ2v) is 4.52. The lowest BCUT2D eigenvalue weighted by Crippen LogP contribution is -2.03. The van der Waals surface area contributed by atoms with Gasteiger partial charge in [0.15, 0.2) is 11.6 Å². The smallest absolute Gasteiger partial charge is 0.163 e. The van der Waals surface area contributed by atoms with Gasteiger partial charge in [-0.25, -0.2) is 14.3 Å². The average Bonchev–Trinajstić information content (AvgIpc) is 3.02. The largest absolute Gasteiger partial charge is 0.383 e. The monoisotopic (exact) mass is 268 g/mol. The molecule has 0 aliphatic rings. The summed E-state index contributed by atoms with van der Waals surface area (Å²) in [5.41, 5.74) is 7.93. The van der Waals surface area contributed by atoms with E-state index in [9.17, 15) is 0 Å². The third-order valence-electron chi connectivity index (χ3n) is 3.17. The summed E-state index contributed by atoms with van der Waals surface area (Å²) in [6.45, 7) is 2.02. The molecule has 2 aromatic heterocycles. The SMILES string of the molecule is CCc1nc(-c2cnn(-c3ccccc3)c2N)n(C)n1. The zero-order valence-corrected chi connectivity index (χ0v) is 11.5. The zero-order valence-electron chi connectivity index (χ0n) is 11.5. The van der Waals surface area contributed by atoms with Crippen molar-refractivity contribution in [1.82, 2.24) is 24.5 Å². The molecule has 0 saturated carbocycles. The molecule has 0 fully saturated rings. The van der Waals surface area contributed by atoms with E-state index in [-0.39, 0.29) is 0 Å². The van der Waals surface area contributed by atoms with Gasteiger partial charge in [0.05, 0.1) is 17.4 Å². The molecule has 0 bridgehead atoms. The lowest BCUT2D eigenvalue weighted by molar-refractivity contribution is 0.753. The Morgan fingerprint density at radius 2 is 1.95 bits per heavy atom. The van der Waals surface area contributed by atoms with E-state index in [2.05, 4.69) is 15.2 Å². The molecule has 1 aromatic carbocycles. The van der Waals surface area contributed by atoms with Crippen molar-refractivity contribution >= 4 is 5.82 Å². The van der Waals surface area contributed by atoms with Crippen molar-refractivity contribution < 1.29 is 0 Å². The van der Waals surface area contributed by atoms with Crippen molar-refractivity contribution in [1.29, 1.82) is 0 Å². The normalized spacial score (nSPS) is 10.9. The van der Waals surface area contributed by atoms with Crippen molar-refractivity contribution in [2.75, 3.05) is 5.73 Å². The predicted molar refractivity (Wildman–Crippen MR) is 77.4 cm³/mol. The lowest BCUT2D eigenvalue weighted by Gasteiger charge is -2.04. The summed E-state index contributed by atoms with van der Waals surface area (Å²) in [5, 5.41) is 8.69. The van der Waals surface area contributed by atoms with E-state index in [1.807, 2.05) is 44.3 Å². The first-order valence-corrected chi connectivity index (χ1v) is 6.50. The van der Waals surface area contributed by atoms with Crippen molar-refractivity contribution in [2.24, 2.45) is 7.05 Å². The van der Waals surface area contributed by atoms with Crippen molar-refractivity contribution in [3.05, 3.63) is 42.4 Å². The van der Waals surface area contributed by atoms with Gasteiger partial charge in [0.1, 0.15) is 5.82 Å². The minimum atomic E-state index is 0.564. The van der Waals surface area contributed by atoms with Crippen LogP contribution in [-0.4, -0.2) is 24.5 Å². The van der Waals surface area contributed by atoms with Crippen molar-refractivity contribution in [2.45, 2.75) is 13.3 Å². The topological polar surface area (TPSA) is 74.6 Å². The standard InChI is InChI=1S/C14H16N6/c1-3-12-17-14(19(2)18-12)11-9-16-20(13(11)15)10-7-5-4-6-8-10/h4-9H,3,15H2,1-2H3. The number of para-hydroxylation sites is 1. The number of anilines is 1. The van der Waals surface area contributed by atoms with Crippen LogP contribution in [0.5, 0.6) is 0 Å². The molecule has 2 N–H and O–H groups in total. The van der Waals surface area contributed by atoms with Gasteiger partial charge in [-0.3, -0.25) is 0 Å². The minimum Gasteiger partial charge on any atom is -0.383 e. The third-order valence-corrected chi connectivity index (χ3v) is 3.17. The zero-order chi connectivity index (χ0) is 14.1. The number of nitrogen functional groups attached to an aromatic ring is 1. The Kier molecular flexibility index (Phi) is 2.98. The van der Waals surface area contributed by atoms with Crippen LogP contribution in [0.3, 0.4) is 0 Å². The van der Waals surface area contributed by atoms with Crippen LogP contribution >= 0.6 is 0 Å². The molecule has 0 saturated heterocycles. The van der Waals surface area contributed by atoms with Crippen LogP contribution in [0.15, 0.2) is 36.5 Å². The highest BCUT2D eigenvalue weighted by atomic mass is 15.4. The number of nitrogens with two attached hydrogens (primary N) is 1. The predicted octanol–water partition coefficient (Wildman–Crippen LogP) is 1.81. The maximum atomic E-state index is 6.21. The molecule has 2 heterocycles. The molecule has 0 radical (unpaired) electrons. The Hall–Kier alpha value is -2.63. The van der Waals surface area contributed by atoms with E-state index in [1.54, 1.807) is 15.6 Å². The summed E-state index contributed by atoms with van der Waals surface area (Å²) in [7, 11) is 1.86. The van der Waals surface area contributed by atoms with E-state index in [0.717, 1.165) is 29.3 Å². The van der Waals surface area contributed by atoms with E-state index in [4.69, 9.17) is 5.73 Å². The Balaban J connectivity index is 2.08. The maximum Gasteiger partial charge on any atom is 0.163 e. The van der Waals surface area contributed by atoms with Crippen LogP contribution in [0.2, 0.25) is 0 Å².